The van der Waals surface area contributed by atoms with Crippen LogP contribution in [0.5, 0.6) is 0 Å². The number of furan rings is 1. The first-order valence-corrected chi connectivity index (χ1v) is 26.3. The molecule has 6 nitrogen and oxygen atoms in total. The summed E-state index contributed by atoms with van der Waals surface area (Å²) in [6, 6.07) is 34.4. The molecule has 0 fully saturated rings. The molecule has 11 rings (SSSR count). The lowest BCUT2D eigenvalue weighted by molar-refractivity contribution is 0.602. The first kappa shape index (κ1) is 48.6. The summed E-state index contributed by atoms with van der Waals surface area (Å²) in [5, 5.41) is 10.9. The van der Waals surface area contributed by atoms with E-state index in [0.29, 0.717) is 11.5 Å². The van der Waals surface area contributed by atoms with Gasteiger partial charge in [0, 0.05) is 40.1 Å². The SMILES string of the molecule is C=C/C=C1\C(=C/C)C2(C3=CC(c4cc(-c5ccc(C)cc5)nc(-c5ccccc5)n4)CC=C3c3c2ccc2cc(C=CC/C=C\C)oc32)c2cc(C(=N)CN=C(N=CC3=CCC=CC=C3)C3C=CC=CCC3)ccc21. The quantitative estimate of drug-likeness (QED) is 0.0753. The molecule has 3 atom stereocenters. The fourth-order valence-electron chi connectivity index (χ4n) is 11.4. The highest BCUT2D eigenvalue weighted by Gasteiger charge is 2.56. The normalized spacial score (nSPS) is 21.1. The third-order valence-electron chi connectivity index (χ3n) is 15.0. The van der Waals surface area contributed by atoms with E-state index in [0.717, 1.165) is 116 Å². The minimum absolute atomic E-state index is 0.0327. The molecule has 5 aliphatic rings. The average molecular weight is 976 g/mol. The van der Waals surface area contributed by atoms with E-state index in [4.69, 9.17) is 24.4 Å². The molecule has 0 saturated heterocycles. The van der Waals surface area contributed by atoms with Crippen molar-refractivity contribution in [2.24, 2.45) is 15.9 Å². The smallest absolute Gasteiger partial charge is 0.160 e. The second kappa shape index (κ2) is 21.5. The number of aryl methyl sites for hydroxylation is 1. The number of fused-ring (bicyclic) bond motifs is 9. The predicted molar refractivity (Wildman–Crippen MR) is 314 cm³/mol. The van der Waals surface area contributed by atoms with Crippen LogP contribution >= 0.6 is 0 Å². The number of nitrogens with zero attached hydrogens (tertiary/aromatic N) is 4. The van der Waals surface area contributed by atoms with Crippen molar-refractivity contribution in [2.45, 2.75) is 64.2 Å². The van der Waals surface area contributed by atoms with Gasteiger partial charge in [0.25, 0.3) is 0 Å². The number of amidine groups is 1. The average Bonchev–Trinajstić information content (AvgIpc) is 4.07. The molecule has 0 saturated carbocycles. The van der Waals surface area contributed by atoms with Gasteiger partial charge in [0.05, 0.1) is 29.1 Å². The van der Waals surface area contributed by atoms with Crippen LogP contribution in [0.2, 0.25) is 0 Å². The number of rotatable bonds is 12. The van der Waals surface area contributed by atoms with Crippen LogP contribution in [0.1, 0.15) is 96.7 Å². The summed E-state index contributed by atoms with van der Waals surface area (Å²) in [6.45, 7) is 10.7. The fraction of sp³-hybridized carbons (Fsp3) is 0.174. The van der Waals surface area contributed by atoms with Gasteiger partial charge in [0.1, 0.15) is 17.2 Å². The summed E-state index contributed by atoms with van der Waals surface area (Å²) < 4.78 is 6.93. The molecule has 0 radical (unpaired) electrons. The Bertz CT molecular complexity index is 3660. The van der Waals surface area contributed by atoms with Crippen LogP contribution in [0, 0.1) is 18.3 Å². The second-order valence-corrected chi connectivity index (χ2v) is 19.7. The molecule has 0 amide bonds. The van der Waals surface area contributed by atoms with Gasteiger partial charge in [-0.15, -0.1) is 0 Å². The zero-order chi connectivity index (χ0) is 51.3. The third-order valence-corrected chi connectivity index (χ3v) is 15.0. The summed E-state index contributed by atoms with van der Waals surface area (Å²) in [5.74, 6) is 2.21. The van der Waals surface area contributed by atoms with Gasteiger partial charge < -0.3 is 9.83 Å². The summed E-state index contributed by atoms with van der Waals surface area (Å²) in [4.78, 5) is 20.8. The molecule has 2 aromatic heterocycles. The summed E-state index contributed by atoms with van der Waals surface area (Å²) in [7, 11) is 0. The molecule has 6 heteroatoms. The molecule has 3 unspecified atom stereocenters. The molecule has 0 bridgehead atoms. The number of allylic oxidation sites excluding steroid dienone is 21. The number of nitrogens with one attached hydrogen (secondary N) is 1. The van der Waals surface area contributed by atoms with Crippen molar-refractivity contribution in [2.75, 3.05) is 6.54 Å². The minimum atomic E-state index is -0.765. The Morgan fingerprint density at radius 1 is 0.880 bits per heavy atom. The van der Waals surface area contributed by atoms with Crippen LogP contribution in [0.25, 0.3) is 50.8 Å². The molecule has 4 aromatic carbocycles. The fourth-order valence-corrected chi connectivity index (χ4v) is 11.4. The summed E-state index contributed by atoms with van der Waals surface area (Å²) >= 11 is 0. The maximum absolute atomic E-state index is 9.81. The number of aliphatic imine (C=N–C) groups is 2. The minimum Gasteiger partial charge on any atom is -0.456 e. The Morgan fingerprint density at radius 2 is 1.75 bits per heavy atom. The number of hydrogen-bond acceptors (Lipinski definition) is 5. The van der Waals surface area contributed by atoms with Crippen LogP contribution < -0.4 is 0 Å². The van der Waals surface area contributed by atoms with Crippen molar-refractivity contribution in [1.29, 1.82) is 5.41 Å². The third kappa shape index (κ3) is 9.38. The largest absolute Gasteiger partial charge is 0.456 e. The molecule has 0 aliphatic heterocycles. The topological polar surface area (TPSA) is 87.5 Å². The molecule has 75 heavy (non-hydrogen) atoms. The Morgan fingerprint density at radius 3 is 2.59 bits per heavy atom. The number of aromatic nitrogens is 2. The van der Waals surface area contributed by atoms with E-state index in [1.54, 1.807) is 0 Å². The van der Waals surface area contributed by atoms with Gasteiger partial charge in [-0.25, -0.2) is 15.0 Å². The zero-order valence-corrected chi connectivity index (χ0v) is 43.0. The lowest BCUT2D eigenvalue weighted by Crippen LogP contribution is -2.27. The molecule has 1 N–H and O–H groups in total. The zero-order valence-electron chi connectivity index (χ0n) is 43.0. The predicted octanol–water partition coefficient (Wildman–Crippen LogP) is 17.0. The van der Waals surface area contributed by atoms with Gasteiger partial charge in [-0.05, 0) is 127 Å². The summed E-state index contributed by atoms with van der Waals surface area (Å²) in [6.07, 6.45) is 44.9. The Kier molecular flexibility index (Phi) is 13.9. The maximum Gasteiger partial charge on any atom is 0.160 e. The molecule has 2 heterocycles. The highest BCUT2D eigenvalue weighted by molar-refractivity contribution is 6.10. The van der Waals surface area contributed by atoms with E-state index in [1.165, 1.54) is 22.3 Å². The van der Waals surface area contributed by atoms with Gasteiger partial charge in [0.2, 0.25) is 0 Å². The van der Waals surface area contributed by atoms with Gasteiger partial charge >= 0.3 is 0 Å². The monoisotopic (exact) mass is 975 g/mol. The highest BCUT2D eigenvalue weighted by Crippen LogP contribution is 2.67. The van der Waals surface area contributed by atoms with Crippen molar-refractivity contribution in [3.05, 3.63) is 268 Å². The van der Waals surface area contributed by atoms with Crippen molar-refractivity contribution in [3.63, 3.8) is 0 Å². The molecule has 368 valence electrons. The molecule has 6 aromatic rings. The van der Waals surface area contributed by atoms with Crippen molar-refractivity contribution in [1.82, 2.24) is 9.97 Å². The van der Waals surface area contributed by atoms with Crippen LogP contribution in [-0.4, -0.2) is 34.3 Å². The standard InChI is InChI=1S/C69H61N5O/c1-5-8-9-21-29-54-40-53-36-39-59-65(66(53)75-54)57-38-35-52(64-43-63(48-32-30-46(4)31-33-48)73-68(74-64)50-27-19-14-20-28-50)42-61(57)69(59)58(7-3)55(22-6-2)56-37-34-51(41-60(56)69)62(70)45-72-67(49-25-17-12-13-18-26-49)71-44-47-23-15-10-11-16-24-47/h5-8,10-15,17,19-25,27-34,36-44,49,52,70H,2,9,16,18,26,35,45H2,1,3-4H3/b8-5-,29-21?,55-22-,58-7+,70-62?,71-44?,72-67?. The maximum atomic E-state index is 9.81. The van der Waals surface area contributed by atoms with Gasteiger partial charge in [0.15, 0.2) is 5.82 Å². The van der Waals surface area contributed by atoms with E-state index in [-0.39, 0.29) is 18.4 Å². The van der Waals surface area contributed by atoms with E-state index in [9.17, 15) is 5.41 Å². The van der Waals surface area contributed by atoms with Crippen LogP contribution in [0.3, 0.4) is 0 Å². The first-order valence-electron chi connectivity index (χ1n) is 26.3. The Labute approximate surface area is 441 Å². The second-order valence-electron chi connectivity index (χ2n) is 19.7. The van der Waals surface area contributed by atoms with Crippen LogP contribution in [-0.2, 0) is 5.41 Å². The molecular weight excluding hydrogens is 915 g/mol. The summed E-state index contributed by atoms with van der Waals surface area (Å²) in [5.41, 5.74) is 16.6. The first-order chi connectivity index (χ1) is 36.9. The van der Waals surface area contributed by atoms with E-state index >= 15 is 0 Å². The molecule has 1 spiro atoms. The van der Waals surface area contributed by atoms with Gasteiger partial charge in [-0.1, -0.05) is 194 Å². The van der Waals surface area contributed by atoms with Gasteiger partial charge in [-0.3, -0.25) is 4.99 Å². The highest BCUT2D eigenvalue weighted by atomic mass is 16.3. The molecule has 5 aliphatic carbocycles. The van der Waals surface area contributed by atoms with E-state index in [2.05, 4.69) is 197 Å². The molecular formula is C69H61N5O. The van der Waals surface area contributed by atoms with Crippen molar-refractivity contribution in [3.8, 4) is 22.6 Å². The van der Waals surface area contributed by atoms with E-state index in [1.807, 2.05) is 43.5 Å². The van der Waals surface area contributed by atoms with Crippen LogP contribution in [0.15, 0.2) is 238 Å². The lowest BCUT2D eigenvalue weighted by atomic mass is 9.68. The Hall–Kier alpha value is -8.61. The number of benzene rings is 4. The van der Waals surface area contributed by atoms with Crippen molar-refractivity contribution < 1.29 is 4.42 Å². The number of hydrogen-bond donors (Lipinski definition) is 1. The van der Waals surface area contributed by atoms with Crippen LogP contribution in [0.4, 0.5) is 0 Å². The van der Waals surface area contributed by atoms with Gasteiger partial charge in [-0.2, -0.15) is 0 Å². The Balaban J connectivity index is 1.08. The van der Waals surface area contributed by atoms with Crippen molar-refractivity contribution >= 4 is 46.0 Å². The van der Waals surface area contributed by atoms with E-state index < -0.39 is 5.41 Å². The lowest BCUT2D eigenvalue weighted by Gasteiger charge is -2.33.